The second kappa shape index (κ2) is 9.09. The van der Waals surface area contributed by atoms with E-state index < -0.39 is 0 Å². The second-order valence-electron chi connectivity index (χ2n) is 9.79. The zero-order valence-electron chi connectivity index (χ0n) is 18.7. The van der Waals surface area contributed by atoms with E-state index in [4.69, 9.17) is 9.47 Å². The number of carbonyl (C=O) groups excluding carboxylic acids is 2. The molecule has 3 saturated carbocycles. The van der Waals surface area contributed by atoms with Gasteiger partial charge in [-0.3, -0.25) is 0 Å². The summed E-state index contributed by atoms with van der Waals surface area (Å²) < 4.78 is 12.1. The summed E-state index contributed by atoms with van der Waals surface area (Å²) in [7, 11) is 0. The molecule has 0 spiro atoms. The predicted octanol–water partition coefficient (Wildman–Crippen LogP) is 5.85. The molecule has 0 N–H and O–H groups in total. The minimum absolute atomic E-state index is 0.304. The first-order valence-corrected chi connectivity index (χ1v) is 12.2. The summed E-state index contributed by atoms with van der Waals surface area (Å²) in [5, 5.41) is 0. The van der Waals surface area contributed by atoms with Crippen LogP contribution < -0.4 is 0 Å². The van der Waals surface area contributed by atoms with E-state index in [1.807, 2.05) is 42.5 Å². The minimum Gasteiger partial charge on any atom is -0.455 e. The number of fused-ring (bicyclic) bond motifs is 5. The third kappa shape index (κ3) is 4.07. The number of aryl methyl sites for hydroxylation is 1. The normalized spacial score (nSPS) is 30.2. The summed E-state index contributed by atoms with van der Waals surface area (Å²) in [4.78, 5) is 25.8. The lowest BCUT2D eigenvalue weighted by Crippen LogP contribution is -2.37. The third-order valence-electron chi connectivity index (χ3n) is 7.93. The predicted molar refractivity (Wildman–Crippen MR) is 122 cm³/mol. The van der Waals surface area contributed by atoms with Crippen molar-refractivity contribution in [3.05, 3.63) is 71.3 Å². The van der Waals surface area contributed by atoms with Gasteiger partial charge in [-0.15, -0.1) is 0 Å². The van der Waals surface area contributed by atoms with Gasteiger partial charge in [0.05, 0.1) is 11.1 Å². The van der Waals surface area contributed by atoms with E-state index >= 15 is 0 Å². The number of hydrogen-bond acceptors (Lipinski definition) is 4. The SMILES string of the molecule is CCCCc1ccc(C(=O)OC2C(OC(=O)c3ccccc3)CC3C4CCC(C4)C32)cc1. The molecule has 6 atom stereocenters. The van der Waals surface area contributed by atoms with Gasteiger partial charge in [0.2, 0.25) is 0 Å². The maximum Gasteiger partial charge on any atom is 0.338 e. The Morgan fingerprint density at radius 2 is 1.53 bits per heavy atom. The Balaban J connectivity index is 1.32. The molecule has 2 aromatic rings. The molecule has 3 aliphatic rings. The smallest absolute Gasteiger partial charge is 0.338 e. The van der Waals surface area contributed by atoms with E-state index in [1.165, 1.54) is 24.8 Å². The molecule has 3 aliphatic carbocycles. The Kier molecular flexibility index (Phi) is 6.03. The average Bonchev–Trinajstić information content (AvgIpc) is 3.52. The molecule has 0 saturated heterocycles. The lowest BCUT2D eigenvalue weighted by atomic mass is 9.81. The van der Waals surface area contributed by atoms with Crippen molar-refractivity contribution in [1.29, 1.82) is 0 Å². The maximum absolute atomic E-state index is 13.1. The summed E-state index contributed by atoms with van der Waals surface area (Å²) in [6.45, 7) is 2.18. The summed E-state index contributed by atoms with van der Waals surface area (Å²) in [5.41, 5.74) is 2.36. The molecule has 2 bridgehead atoms. The van der Waals surface area contributed by atoms with Gasteiger partial charge in [-0.25, -0.2) is 9.59 Å². The Bertz CT molecular complexity index is 951. The molecule has 5 rings (SSSR count). The molecule has 0 aromatic heterocycles. The Morgan fingerprint density at radius 3 is 2.28 bits per heavy atom. The van der Waals surface area contributed by atoms with Crippen molar-refractivity contribution in [3.8, 4) is 0 Å². The molecular weight excluding hydrogens is 400 g/mol. The van der Waals surface area contributed by atoms with E-state index in [9.17, 15) is 9.59 Å². The van der Waals surface area contributed by atoms with Crippen molar-refractivity contribution in [3.63, 3.8) is 0 Å². The maximum atomic E-state index is 13.1. The van der Waals surface area contributed by atoms with Gasteiger partial charge in [0.25, 0.3) is 0 Å². The monoisotopic (exact) mass is 432 g/mol. The van der Waals surface area contributed by atoms with Gasteiger partial charge < -0.3 is 9.47 Å². The van der Waals surface area contributed by atoms with Crippen molar-refractivity contribution in [1.82, 2.24) is 0 Å². The van der Waals surface area contributed by atoms with E-state index in [0.717, 1.165) is 25.7 Å². The number of benzene rings is 2. The van der Waals surface area contributed by atoms with Crippen LogP contribution in [0.3, 0.4) is 0 Å². The summed E-state index contributed by atoms with van der Waals surface area (Å²) in [5.74, 6) is 1.45. The molecule has 0 aliphatic heterocycles. The van der Waals surface area contributed by atoms with Crippen LogP contribution in [0.25, 0.3) is 0 Å². The van der Waals surface area contributed by atoms with Crippen LogP contribution in [0.5, 0.6) is 0 Å². The van der Waals surface area contributed by atoms with Gasteiger partial charge >= 0.3 is 11.9 Å². The van der Waals surface area contributed by atoms with Crippen molar-refractivity contribution >= 4 is 11.9 Å². The Morgan fingerprint density at radius 1 is 0.844 bits per heavy atom. The zero-order chi connectivity index (χ0) is 22.1. The number of ether oxygens (including phenoxy) is 2. The minimum atomic E-state index is -0.367. The van der Waals surface area contributed by atoms with Gasteiger partial charge in [0.1, 0.15) is 12.2 Å². The van der Waals surface area contributed by atoms with Gasteiger partial charge in [0.15, 0.2) is 0 Å². The Labute approximate surface area is 190 Å². The first kappa shape index (κ1) is 21.2. The van der Waals surface area contributed by atoms with Crippen molar-refractivity contribution in [2.24, 2.45) is 23.7 Å². The highest BCUT2D eigenvalue weighted by Crippen LogP contribution is 2.60. The lowest BCUT2D eigenvalue weighted by molar-refractivity contribution is -0.0416. The molecule has 32 heavy (non-hydrogen) atoms. The average molecular weight is 433 g/mol. The highest BCUT2D eigenvalue weighted by Gasteiger charge is 2.59. The fraction of sp³-hybridized carbons (Fsp3) is 0.500. The number of hydrogen-bond donors (Lipinski definition) is 0. The quantitative estimate of drug-likeness (QED) is 0.515. The molecule has 4 nitrogen and oxygen atoms in total. The van der Waals surface area contributed by atoms with E-state index in [-0.39, 0.29) is 24.1 Å². The first-order chi connectivity index (χ1) is 15.6. The number of esters is 2. The van der Waals surface area contributed by atoms with E-state index in [2.05, 4.69) is 6.92 Å². The summed E-state index contributed by atoms with van der Waals surface area (Å²) in [6.07, 6.45) is 7.09. The third-order valence-corrected chi connectivity index (χ3v) is 7.93. The molecule has 168 valence electrons. The summed E-state index contributed by atoms with van der Waals surface area (Å²) in [6, 6.07) is 16.9. The van der Waals surface area contributed by atoms with Gasteiger partial charge in [-0.2, -0.15) is 0 Å². The molecule has 0 radical (unpaired) electrons. The van der Waals surface area contributed by atoms with Crippen LogP contribution in [0.2, 0.25) is 0 Å². The molecule has 0 amide bonds. The molecule has 3 fully saturated rings. The van der Waals surface area contributed by atoms with Crippen LogP contribution in [-0.2, 0) is 15.9 Å². The molecule has 4 heteroatoms. The molecular formula is C28H32O4. The van der Waals surface area contributed by atoms with Gasteiger partial charge in [0, 0.05) is 5.92 Å². The fourth-order valence-corrected chi connectivity index (χ4v) is 6.40. The van der Waals surface area contributed by atoms with Crippen LogP contribution in [0.4, 0.5) is 0 Å². The standard InChI is InChI=1S/C28H32O4/c1-2-3-7-18-10-12-20(13-11-18)28(30)32-26-24(31-27(29)19-8-5-4-6-9-19)17-23-21-14-15-22(16-21)25(23)26/h4-6,8-13,21-26H,2-3,7,14-17H2,1H3. The zero-order valence-corrected chi connectivity index (χ0v) is 18.7. The number of carbonyl (C=O) groups is 2. The fourth-order valence-electron chi connectivity index (χ4n) is 6.40. The van der Waals surface area contributed by atoms with Crippen LogP contribution in [-0.4, -0.2) is 24.1 Å². The van der Waals surface area contributed by atoms with Crippen molar-refractivity contribution in [2.45, 2.75) is 64.1 Å². The Hall–Kier alpha value is -2.62. The first-order valence-electron chi connectivity index (χ1n) is 12.2. The van der Waals surface area contributed by atoms with Crippen LogP contribution >= 0.6 is 0 Å². The van der Waals surface area contributed by atoms with E-state index in [1.54, 1.807) is 12.1 Å². The van der Waals surface area contributed by atoms with Crippen LogP contribution in [0.15, 0.2) is 54.6 Å². The van der Waals surface area contributed by atoms with Crippen molar-refractivity contribution in [2.75, 3.05) is 0 Å². The van der Waals surface area contributed by atoms with Gasteiger partial charge in [-0.05, 0) is 86.1 Å². The number of unbranched alkanes of at least 4 members (excludes halogenated alkanes) is 1. The van der Waals surface area contributed by atoms with Crippen LogP contribution in [0, 0.1) is 23.7 Å². The second-order valence-corrected chi connectivity index (χ2v) is 9.79. The van der Waals surface area contributed by atoms with E-state index in [0.29, 0.717) is 34.8 Å². The largest absolute Gasteiger partial charge is 0.455 e. The summed E-state index contributed by atoms with van der Waals surface area (Å²) >= 11 is 0. The highest BCUT2D eigenvalue weighted by molar-refractivity contribution is 5.90. The highest BCUT2D eigenvalue weighted by atomic mass is 16.6. The molecule has 2 aromatic carbocycles. The number of rotatable bonds is 7. The lowest BCUT2D eigenvalue weighted by Gasteiger charge is -2.29. The molecule has 6 unspecified atom stereocenters. The van der Waals surface area contributed by atoms with Crippen LogP contribution in [0.1, 0.15) is 71.7 Å². The topological polar surface area (TPSA) is 52.6 Å². The van der Waals surface area contributed by atoms with Crippen molar-refractivity contribution < 1.29 is 19.1 Å². The molecule has 0 heterocycles. The van der Waals surface area contributed by atoms with Gasteiger partial charge in [-0.1, -0.05) is 43.7 Å².